The zero-order valence-electron chi connectivity index (χ0n) is 8.83. The molecular formula is C11H16BrNO2. The van der Waals surface area contributed by atoms with E-state index in [0.29, 0.717) is 6.61 Å². The lowest BCUT2D eigenvalue weighted by atomic mass is 10.3. The number of hydrogen-bond donors (Lipinski definition) is 1. The molecule has 1 aromatic rings. The fraction of sp³-hybridized carbons (Fsp3) is 0.455. The molecule has 0 spiro atoms. The predicted molar refractivity (Wildman–Crippen MR) is 65.2 cm³/mol. The van der Waals surface area contributed by atoms with Gasteiger partial charge in [-0.2, -0.15) is 0 Å². The van der Waals surface area contributed by atoms with E-state index in [0.717, 1.165) is 29.9 Å². The summed E-state index contributed by atoms with van der Waals surface area (Å²) in [6.45, 7) is 2.50. The highest BCUT2D eigenvalue weighted by atomic mass is 79.9. The Balaban J connectivity index is 2.20. The van der Waals surface area contributed by atoms with Crippen LogP contribution in [-0.2, 0) is 0 Å². The first-order chi connectivity index (χ1) is 7.36. The lowest BCUT2D eigenvalue weighted by Crippen LogP contribution is -2.22. The maximum atomic E-state index is 5.52. The van der Waals surface area contributed by atoms with Gasteiger partial charge < -0.3 is 14.8 Å². The van der Waals surface area contributed by atoms with Crippen molar-refractivity contribution in [2.24, 2.45) is 0 Å². The lowest BCUT2D eigenvalue weighted by molar-refractivity contribution is 0.315. The normalized spacial score (nSPS) is 10.0. The van der Waals surface area contributed by atoms with Crippen LogP contribution in [-0.4, -0.2) is 32.1 Å². The van der Waals surface area contributed by atoms with Gasteiger partial charge in [0.05, 0.1) is 7.11 Å². The molecule has 0 saturated carbocycles. The number of hydrogen-bond acceptors (Lipinski definition) is 3. The molecule has 0 bridgehead atoms. The molecule has 0 fully saturated rings. The van der Waals surface area contributed by atoms with E-state index < -0.39 is 0 Å². The molecule has 0 atom stereocenters. The van der Waals surface area contributed by atoms with Gasteiger partial charge in [0.1, 0.15) is 18.1 Å². The molecule has 1 N–H and O–H groups in total. The molecule has 3 nitrogen and oxygen atoms in total. The van der Waals surface area contributed by atoms with Crippen LogP contribution in [0.25, 0.3) is 0 Å². The Morgan fingerprint density at radius 3 is 2.40 bits per heavy atom. The number of ether oxygens (including phenoxy) is 2. The highest BCUT2D eigenvalue weighted by Gasteiger charge is 1.94. The van der Waals surface area contributed by atoms with Crippen LogP contribution in [0.1, 0.15) is 0 Å². The number of alkyl halides is 1. The molecule has 0 heterocycles. The first-order valence-corrected chi connectivity index (χ1v) is 6.02. The summed E-state index contributed by atoms with van der Waals surface area (Å²) in [5.74, 6) is 1.72. The summed E-state index contributed by atoms with van der Waals surface area (Å²) in [5, 5.41) is 4.20. The first-order valence-electron chi connectivity index (χ1n) is 4.90. The minimum Gasteiger partial charge on any atom is -0.497 e. The Hall–Kier alpha value is -0.740. The topological polar surface area (TPSA) is 30.5 Å². The molecule has 0 unspecified atom stereocenters. The highest BCUT2D eigenvalue weighted by Crippen LogP contribution is 2.16. The minimum absolute atomic E-state index is 0.680. The standard InChI is InChI=1S/C11H16BrNO2/c1-14-10-2-4-11(5-3-10)15-9-8-13-7-6-12/h2-5,13H,6-9H2,1H3. The molecule has 0 aliphatic carbocycles. The molecule has 1 rings (SSSR count). The van der Waals surface area contributed by atoms with E-state index in [-0.39, 0.29) is 0 Å². The van der Waals surface area contributed by atoms with Gasteiger partial charge in [0.25, 0.3) is 0 Å². The van der Waals surface area contributed by atoms with E-state index in [2.05, 4.69) is 21.2 Å². The van der Waals surface area contributed by atoms with E-state index in [9.17, 15) is 0 Å². The molecule has 0 aromatic heterocycles. The number of rotatable bonds is 7. The molecule has 0 aliphatic rings. The lowest BCUT2D eigenvalue weighted by Gasteiger charge is -2.07. The number of halogens is 1. The van der Waals surface area contributed by atoms with E-state index in [4.69, 9.17) is 9.47 Å². The van der Waals surface area contributed by atoms with Crippen LogP contribution in [0.15, 0.2) is 24.3 Å². The van der Waals surface area contributed by atoms with Gasteiger partial charge in [0.2, 0.25) is 0 Å². The average molecular weight is 274 g/mol. The van der Waals surface area contributed by atoms with Crippen LogP contribution in [0, 0.1) is 0 Å². The van der Waals surface area contributed by atoms with E-state index in [1.165, 1.54) is 0 Å². The third-order valence-corrected chi connectivity index (χ3v) is 2.27. The van der Waals surface area contributed by atoms with Crippen molar-refractivity contribution in [2.45, 2.75) is 0 Å². The summed E-state index contributed by atoms with van der Waals surface area (Å²) < 4.78 is 10.6. The van der Waals surface area contributed by atoms with Crippen molar-refractivity contribution in [1.29, 1.82) is 0 Å². The largest absolute Gasteiger partial charge is 0.497 e. The van der Waals surface area contributed by atoms with E-state index in [1.54, 1.807) is 7.11 Å². The summed E-state index contributed by atoms with van der Waals surface area (Å²) in [7, 11) is 1.65. The summed E-state index contributed by atoms with van der Waals surface area (Å²) in [5.41, 5.74) is 0. The maximum Gasteiger partial charge on any atom is 0.119 e. The van der Waals surface area contributed by atoms with Gasteiger partial charge in [-0.3, -0.25) is 0 Å². The third-order valence-electron chi connectivity index (χ3n) is 1.88. The molecule has 0 amide bonds. The van der Waals surface area contributed by atoms with Gasteiger partial charge in [0.15, 0.2) is 0 Å². The van der Waals surface area contributed by atoms with Crippen LogP contribution < -0.4 is 14.8 Å². The molecule has 84 valence electrons. The summed E-state index contributed by atoms with van der Waals surface area (Å²) >= 11 is 3.35. The van der Waals surface area contributed by atoms with Crippen LogP contribution in [0.2, 0.25) is 0 Å². The second-order valence-corrected chi connectivity index (χ2v) is 3.76. The quantitative estimate of drug-likeness (QED) is 0.610. The molecule has 15 heavy (non-hydrogen) atoms. The summed E-state index contributed by atoms with van der Waals surface area (Å²) in [6, 6.07) is 7.59. The zero-order valence-corrected chi connectivity index (χ0v) is 10.4. The van der Waals surface area contributed by atoms with Gasteiger partial charge in [-0.15, -0.1) is 0 Å². The zero-order chi connectivity index (χ0) is 10.9. The van der Waals surface area contributed by atoms with E-state index in [1.807, 2.05) is 24.3 Å². The van der Waals surface area contributed by atoms with Crippen molar-refractivity contribution in [1.82, 2.24) is 5.32 Å². The fourth-order valence-corrected chi connectivity index (χ4v) is 1.39. The number of nitrogens with one attached hydrogen (secondary N) is 1. The second-order valence-electron chi connectivity index (χ2n) is 2.96. The van der Waals surface area contributed by atoms with Crippen molar-refractivity contribution in [3.8, 4) is 11.5 Å². The van der Waals surface area contributed by atoms with Gasteiger partial charge in [-0.1, -0.05) is 15.9 Å². The van der Waals surface area contributed by atoms with Crippen molar-refractivity contribution in [3.05, 3.63) is 24.3 Å². The molecule has 0 aliphatic heterocycles. The molecule has 0 saturated heterocycles. The monoisotopic (exact) mass is 273 g/mol. The molecule has 0 radical (unpaired) electrons. The Labute approximate surface area is 98.9 Å². The van der Waals surface area contributed by atoms with Crippen molar-refractivity contribution >= 4 is 15.9 Å². The van der Waals surface area contributed by atoms with Gasteiger partial charge >= 0.3 is 0 Å². The van der Waals surface area contributed by atoms with Crippen molar-refractivity contribution < 1.29 is 9.47 Å². The average Bonchev–Trinajstić information content (AvgIpc) is 2.30. The Bertz CT molecular complexity index is 264. The van der Waals surface area contributed by atoms with Gasteiger partial charge in [-0.25, -0.2) is 0 Å². The fourth-order valence-electron chi connectivity index (χ4n) is 1.10. The van der Waals surface area contributed by atoms with E-state index >= 15 is 0 Å². The highest BCUT2D eigenvalue weighted by molar-refractivity contribution is 9.09. The first kappa shape index (κ1) is 12.3. The number of benzene rings is 1. The van der Waals surface area contributed by atoms with Crippen LogP contribution in [0.5, 0.6) is 11.5 Å². The second kappa shape index (κ2) is 7.54. The SMILES string of the molecule is COc1ccc(OCCNCCBr)cc1. The molecular weight excluding hydrogens is 258 g/mol. The Kier molecular flexibility index (Phi) is 6.20. The number of methoxy groups -OCH3 is 1. The summed E-state index contributed by atoms with van der Waals surface area (Å²) in [6.07, 6.45) is 0. The van der Waals surface area contributed by atoms with Crippen LogP contribution in [0.3, 0.4) is 0 Å². The Morgan fingerprint density at radius 2 is 1.80 bits per heavy atom. The maximum absolute atomic E-state index is 5.52. The molecule has 4 heteroatoms. The summed E-state index contributed by atoms with van der Waals surface area (Å²) in [4.78, 5) is 0. The Morgan fingerprint density at radius 1 is 1.13 bits per heavy atom. The van der Waals surface area contributed by atoms with Crippen LogP contribution >= 0.6 is 15.9 Å². The smallest absolute Gasteiger partial charge is 0.119 e. The third kappa shape index (κ3) is 5.04. The van der Waals surface area contributed by atoms with Crippen molar-refractivity contribution in [2.75, 3.05) is 32.1 Å². The molecule has 1 aromatic carbocycles. The van der Waals surface area contributed by atoms with Gasteiger partial charge in [-0.05, 0) is 24.3 Å². The van der Waals surface area contributed by atoms with Crippen LogP contribution in [0.4, 0.5) is 0 Å². The predicted octanol–water partition coefficient (Wildman–Crippen LogP) is 2.06. The van der Waals surface area contributed by atoms with Crippen molar-refractivity contribution in [3.63, 3.8) is 0 Å². The van der Waals surface area contributed by atoms with Gasteiger partial charge in [0, 0.05) is 18.4 Å². The minimum atomic E-state index is 0.680.